The lowest BCUT2D eigenvalue weighted by Gasteiger charge is -2.05. The van der Waals surface area contributed by atoms with Crippen LogP contribution in [0, 0.1) is 11.3 Å². The van der Waals surface area contributed by atoms with E-state index in [-0.39, 0.29) is 0 Å². The van der Waals surface area contributed by atoms with E-state index in [0.717, 1.165) is 11.5 Å². The lowest BCUT2D eigenvalue weighted by Crippen LogP contribution is -1.91. The van der Waals surface area contributed by atoms with Crippen LogP contribution in [0.4, 0.5) is 0 Å². The summed E-state index contributed by atoms with van der Waals surface area (Å²) in [5.74, 6) is 0.963. The Balaban J connectivity index is 0. The number of hydrogen-bond acceptors (Lipinski definition) is 1. The summed E-state index contributed by atoms with van der Waals surface area (Å²) in [5, 5.41) is 6.59. The van der Waals surface area contributed by atoms with Gasteiger partial charge in [0.25, 0.3) is 0 Å². The minimum absolute atomic E-state index is 0.963. The number of nitrogens with one attached hydrogen (secondary N) is 1. The first kappa shape index (κ1) is 16.6. The van der Waals surface area contributed by atoms with Crippen LogP contribution in [0.5, 0.6) is 0 Å². The summed E-state index contributed by atoms with van der Waals surface area (Å²) in [6.07, 6.45) is 10.2. The summed E-state index contributed by atoms with van der Waals surface area (Å²) in [4.78, 5) is 0. The van der Waals surface area contributed by atoms with Gasteiger partial charge in [-0.1, -0.05) is 64.7 Å². The Kier molecular flexibility index (Phi) is 14.5. The summed E-state index contributed by atoms with van der Waals surface area (Å²) in [5.41, 5.74) is 1.02. The zero-order valence-electron chi connectivity index (χ0n) is 10.8. The molecule has 1 nitrogen and oxygen atoms in total. The van der Waals surface area contributed by atoms with Gasteiger partial charge in [0.05, 0.1) is 0 Å². The van der Waals surface area contributed by atoms with Crippen LogP contribution in [-0.4, -0.2) is 6.21 Å². The molecule has 0 aromatic rings. The van der Waals surface area contributed by atoms with Gasteiger partial charge in [0, 0.05) is 6.21 Å². The molecule has 1 N–H and O–H groups in total. The first-order chi connectivity index (χ1) is 7.12. The third-order valence-corrected chi connectivity index (χ3v) is 2.23. The van der Waals surface area contributed by atoms with Crippen molar-refractivity contribution in [2.24, 2.45) is 5.92 Å². The molecule has 0 atom stereocenters. The van der Waals surface area contributed by atoms with Gasteiger partial charge >= 0.3 is 0 Å². The van der Waals surface area contributed by atoms with Crippen LogP contribution >= 0.6 is 0 Å². The van der Waals surface area contributed by atoms with E-state index in [0.29, 0.717) is 0 Å². The van der Waals surface area contributed by atoms with Crippen molar-refractivity contribution in [2.75, 3.05) is 0 Å². The van der Waals surface area contributed by atoms with Crippen molar-refractivity contribution in [3.8, 4) is 0 Å². The first-order valence-electron chi connectivity index (χ1n) is 5.92. The Morgan fingerprint density at radius 2 is 1.73 bits per heavy atom. The molecule has 0 aromatic carbocycles. The standard InChI is InChI=1S/C8H18.C6H9N/c1-4-6-8(3)7-5-2;1-3-6(2)4-5-7/h8H,4-7H2,1-3H3;3-5,7H,1H2,2H3/b;6-4-,7-5?. The van der Waals surface area contributed by atoms with Gasteiger partial charge in [0.2, 0.25) is 0 Å². The van der Waals surface area contributed by atoms with E-state index in [9.17, 15) is 0 Å². The molecule has 0 aliphatic rings. The highest BCUT2D eigenvalue weighted by Crippen LogP contribution is 2.10. The zero-order valence-corrected chi connectivity index (χ0v) is 10.8. The molecule has 0 aliphatic carbocycles. The second kappa shape index (κ2) is 13.2. The van der Waals surface area contributed by atoms with Gasteiger partial charge in [-0.2, -0.15) is 0 Å². The first-order valence-corrected chi connectivity index (χ1v) is 5.92. The molecular formula is C14H27N. The molecule has 0 radical (unpaired) electrons. The van der Waals surface area contributed by atoms with Crippen LogP contribution in [-0.2, 0) is 0 Å². The van der Waals surface area contributed by atoms with Crippen LogP contribution < -0.4 is 0 Å². The van der Waals surface area contributed by atoms with E-state index in [1.54, 1.807) is 12.2 Å². The molecule has 0 aromatic heterocycles. The summed E-state index contributed by atoms with van der Waals surface area (Å²) in [7, 11) is 0. The van der Waals surface area contributed by atoms with Gasteiger partial charge in [-0.3, -0.25) is 0 Å². The van der Waals surface area contributed by atoms with Crippen LogP contribution in [0.3, 0.4) is 0 Å². The maximum absolute atomic E-state index is 6.59. The smallest absolute Gasteiger partial charge is 0.0180 e. The average molecular weight is 209 g/mol. The van der Waals surface area contributed by atoms with Crippen molar-refractivity contribution >= 4 is 6.21 Å². The van der Waals surface area contributed by atoms with E-state index < -0.39 is 0 Å². The minimum atomic E-state index is 0.963. The fourth-order valence-corrected chi connectivity index (χ4v) is 1.33. The van der Waals surface area contributed by atoms with Gasteiger partial charge in [0.15, 0.2) is 0 Å². The van der Waals surface area contributed by atoms with E-state index >= 15 is 0 Å². The van der Waals surface area contributed by atoms with Crippen molar-refractivity contribution in [1.82, 2.24) is 0 Å². The van der Waals surface area contributed by atoms with E-state index in [1.807, 2.05) is 6.92 Å². The topological polar surface area (TPSA) is 23.9 Å². The quantitative estimate of drug-likeness (QED) is 0.470. The predicted molar refractivity (Wildman–Crippen MR) is 71.7 cm³/mol. The van der Waals surface area contributed by atoms with Crippen LogP contribution in [0.15, 0.2) is 24.3 Å². The second-order valence-corrected chi connectivity index (χ2v) is 3.96. The maximum atomic E-state index is 6.59. The highest BCUT2D eigenvalue weighted by Gasteiger charge is 1.95. The van der Waals surface area contributed by atoms with Crippen molar-refractivity contribution in [3.05, 3.63) is 24.3 Å². The zero-order chi connectivity index (χ0) is 12.1. The fourth-order valence-electron chi connectivity index (χ4n) is 1.33. The molecule has 0 bridgehead atoms. The summed E-state index contributed by atoms with van der Waals surface area (Å²) >= 11 is 0. The van der Waals surface area contributed by atoms with E-state index in [1.165, 1.54) is 31.9 Å². The molecule has 0 fully saturated rings. The molecule has 15 heavy (non-hydrogen) atoms. The Morgan fingerprint density at radius 1 is 1.27 bits per heavy atom. The molecule has 0 saturated heterocycles. The van der Waals surface area contributed by atoms with Crippen LogP contribution in [0.2, 0.25) is 0 Å². The molecule has 0 aliphatic heterocycles. The van der Waals surface area contributed by atoms with Crippen molar-refractivity contribution in [3.63, 3.8) is 0 Å². The average Bonchev–Trinajstić information content (AvgIpc) is 2.20. The molecular weight excluding hydrogens is 182 g/mol. The Hall–Kier alpha value is -0.850. The molecule has 0 saturated carbocycles. The maximum Gasteiger partial charge on any atom is 0.0180 e. The summed E-state index contributed by atoms with van der Waals surface area (Å²) < 4.78 is 0. The molecule has 0 amide bonds. The molecule has 0 rings (SSSR count). The van der Waals surface area contributed by atoms with E-state index in [2.05, 4.69) is 27.4 Å². The lowest BCUT2D eigenvalue weighted by atomic mass is 10.0. The van der Waals surface area contributed by atoms with Crippen molar-refractivity contribution in [2.45, 2.75) is 53.4 Å². The normalized spacial score (nSPS) is 10.6. The Morgan fingerprint density at radius 3 is 1.93 bits per heavy atom. The van der Waals surface area contributed by atoms with Gasteiger partial charge in [-0.15, -0.1) is 0 Å². The molecule has 0 unspecified atom stereocenters. The van der Waals surface area contributed by atoms with Gasteiger partial charge in [0.1, 0.15) is 0 Å². The monoisotopic (exact) mass is 209 g/mol. The fraction of sp³-hybridized carbons (Fsp3) is 0.643. The molecule has 1 heteroatoms. The lowest BCUT2D eigenvalue weighted by molar-refractivity contribution is 0.480. The number of rotatable bonds is 6. The number of allylic oxidation sites excluding steroid dienone is 3. The Labute approximate surface area is 95.8 Å². The highest BCUT2D eigenvalue weighted by molar-refractivity contribution is 5.69. The highest BCUT2D eigenvalue weighted by atomic mass is 14.3. The third-order valence-electron chi connectivity index (χ3n) is 2.23. The van der Waals surface area contributed by atoms with Crippen LogP contribution in [0.1, 0.15) is 53.4 Å². The molecule has 0 spiro atoms. The molecule has 0 heterocycles. The SMILES string of the molecule is C=C/C(C)=C\C=N.CCCC(C)CCC. The van der Waals surface area contributed by atoms with E-state index in [4.69, 9.17) is 5.41 Å². The van der Waals surface area contributed by atoms with Crippen molar-refractivity contribution in [1.29, 1.82) is 5.41 Å². The summed E-state index contributed by atoms with van der Waals surface area (Å²) in [6.45, 7) is 12.3. The van der Waals surface area contributed by atoms with Crippen LogP contribution in [0.25, 0.3) is 0 Å². The second-order valence-electron chi connectivity index (χ2n) is 3.96. The predicted octanol–water partition coefficient (Wildman–Crippen LogP) is 4.99. The summed E-state index contributed by atoms with van der Waals surface area (Å²) in [6, 6.07) is 0. The minimum Gasteiger partial charge on any atom is -0.309 e. The number of hydrogen-bond donors (Lipinski definition) is 1. The van der Waals surface area contributed by atoms with Gasteiger partial charge < -0.3 is 5.41 Å². The largest absolute Gasteiger partial charge is 0.309 e. The van der Waals surface area contributed by atoms with Gasteiger partial charge in [-0.25, -0.2) is 0 Å². The van der Waals surface area contributed by atoms with Crippen molar-refractivity contribution < 1.29 is 0 Å². The third kappa shape index (κ3) is 15.9. The van der Waals surface area contributed by atoms with Gasteiger partial charge in [-0.05, 0) is 18.9 Å². The molecule has 88 valence electrons. The Bertz CT molecular complexity index is 174.